The summed E-state index contributed by atoms with van der Waals surface area (Å²) in [5.74, 6) is -0.939. The number of likely N-dealkylation sites (tertiary alicyclic amines) is 1. The Bertz CT molecular complexity index is 893. The lowest BCUT2D eigenvalue weighted by Gasteiger charge is -2.17. The molecule has 5 heteroatoms. The van der Waals surface area contributed by atoms with Crippen LogP contribution in [0.15, 0.2) is 47.5 Å². The molecule has 1 amide bonds. The van der Waals surface area contributed by atoms with Crippen molar-refractivity contribution in [1.82, 2.24) is 4.90 Å². The van der Waals surface area contributed by atoms with E-state index in [0.29, 0.717) is 37.1 Å². The largest absolute Gasteiger partial charge is 0.344 e. The van der Waals surface area contributed by atoms with Gasteiger partial charge in [-0.1, -0.05) is 36.4 Å². The number of halogens is 2. The Morgan fingerprint density at radius 3 is 2.44 bits per heavy atom. The molecule has 0 aliphatic carbocycles. The van der Waals surface area contributed by atoms with Gasteiger partial charge >= 0.3 is 0 Å². The minimum atomic E-state index is -0.732. The average molecular weight is 340 g/mol. The van der Waals surface area contributed by atoms with Crippen LogP contribution in [-0.2, 0) is 4.79 Å². The second-order valence-electron chi connectivity index (χ2n) is 6.71. The average Bonchev–Trinajstić information content (AvgIpc) is 3.16. The summed E-state index contributed by atoms with van der Waals surface area (Å²) >= 11 is 0. The molecule has 0 radical (unpaired) electrons. The summed E-state index contributed by atoms with van der Waals surface area (Å²) in [6, 6.07) is 11.1. The van der Waals surface area contributed by atoms with E-state index < -0.39 is 17.2 Å². The predicted molar refractivity (Wildman–Crippen MR) is 92.6 cm³/mol. The Morgan fingerprint density at radius 2 is 1.72 bits per heavy atom. The van der Waals surface area contributed by atoms with Crippen molar-refractivity contribution in [2.75, 3.05) is 13.6 Å². The summed E-state index contributed by atoms with van der Waals surface area (Å²) in [5, 5.41) is 0. The van der Waals surface area contributed by atoms with Crippen molar-refractivity contribution in [3.63, 3.8) is 0 Å². The van der Waals surface area contributed by atoms with E-state index in [9.17, 15) is 9.18 Å². The van der Waals surface area contributed by atoms with Crippen molar-refractivity contribution in [3.05, 3.63) is 59.7 Å². The van der Waals surface area contributed by atoms with Gasteiger partial charge in [0.25, 0.3) is 0 Å². The maximum absolute atomic E-state index is 15.1. The van der Waals surface area contributed by atoms with E-state index in [0.717, 1.165) is 0 Å². The Hall–Kier alpha value is -2.56. The molecule has 25 heavy (non-hydrogen) atoms. The van der Waals surface area contributed by atoms with E-state index in [1.807, 2.05) is 0 Å². The zero-order valence-corrected chi connectivity index (χ0v) is 13.9. The molecular weight excluding hydrogens is 322 g/mol. The highest BCUT2D eigenvalue weighted by molar-refractivity contribution is 6.06. The number of nitrogens with zero attached hydrogens (tertiary/aromatic N) is 2. The number of hydrogen-bond donors (Lipinski definition) is 0. The van der Waals surface area contributed by atoms with Crippen molar-refractivity contribution in [3.8, 4) is 11.1 Å². The van der Waals surface area contributed by atoms with Crippen LogP contribution in [0.4, 0.5) is 8.78 Å². The van der Waals surface area contributed by atoms with E-state index in [1.165, 1.54) is 6.07 Å². The first-order valence-corrected chi connectivity index (χ1v) is 8.40. The zero-order chi connectivity index (χ0) is 17.6. The monoisotopic (exact) mass is 340 g/mol. The Kier molecular flexibility index (Phi) is 3.67. The summed E-state index contributed by atoms with van der Waals surface area (Å²) in [4.78, 5) is 18.7. The number of benzene rings is 2. The number of aliphatic imine (C=N–C) groups is 1. The number of likely N-dealkylation sites (N-methyl/N-ethyl adjacent to an activating group) is 1. The van der Waals surface area contributed by atoms with E-state index in [1.54, 1.807) is 48.3 Å². The maximum atomic E-state index is 15.1. The highest BCUT2D eigenvalue weighted by Crippen LogP contribution is 2.38. The molecule has 1 saturated heterocycles. The molecule has 0 unspecified atom stereocenters. The van der Waals surface area contributed by atoms with Gasteiger partial charge in [0, 0.05) is 36.0 Å². The molecule has 4 rings (SSSR count). The number of hydrogen-bond acceptors (Lipinski definition) is 2. The van der Waals surface area contributed by atoms with Crippen LogP contribution in [0.25, 0.3) is 11.1 Å². The molecule has 1 atom stereocenters. The highest BCUT2D eigenvalue weighted by atomic mass is 19.1. The van der Waals surface area contributed by atoms with Crippen molar-refractivity contribution in [1.29, 1.82) is 0 Å². The predicted octanol–water partition coefficient (Wildman–Crippen LogP) is 3.82. The molecule has 3 nitrogen and oxygen atoms in total. The van der Waals surface area contributed by atoms with Crippen molar-refractivity contribution < 1.29 is 13.6 Å². The molecule has 1 fully saturated rings. The van der Waals surface area contributed by atoms with Crippen LogP contribution < -0.4 is 0 Å². The van der Waals surface area contributed by atoms with Crippen molar-refractivity contribution >= 4 is 11.6 Å². The lowest BCUT2D eigenvalue weighted by Crippen LogP contribution is -2.35. The molecule has 2 aliphatic heterocycles. The van der Waals surface area contributed by atoms with Crippen molar-refractivity contribution in [2.24, 2.45) is 4.99 Å². The fourth-order valence-electron chi connectivity index (χ4n) is 3.78. The summed E-state index contributed by atoms with van der Waals surface area (Å²) in [5.41, 5.74) is 0.671. The third kappa shape index (κ3) is 2.46. The van der Waals surface area contributed by atoms with Gasteiger partial charge in [-0.25, -0.2) is 8.78 Å². The number of amides is 1. The lowest BCUT2D eigenvalue weighted by atomic mass is 9.94. The van der Waals surface area contributed by atoms with Crippen molar-refractivity contribution in [2.45, 2.75) is 24.8 Å². The van der Waals surface area contributed by atoms with Crippen LogP contribution >= 0.6 is 0 Å². The molecule has 1 spiro atoms. The van der Waals surface area contributed by atoms with E-state index >= 15 is 4.39 Å². The SMILES string of the molecule is CN1CC[C@@]2(CCC(c3cccc(-c4ccccc4F)c3F)=N2)C1=O. The molecule has 2 aromatic carbocycles. The second-order valence-corrected chi connectivity index (χ2v) is 6.71. The van der Waals surface area contributed by atoms with Crippen LogP contribution in [0.5, 0.6) is 0 Å². The molecule has 0 N–H and O–H groups in total. The first-order valence-electron chi connectivity index (χ1n) is 8.40. The third-order valence-corrected chi connectivity index (χ3v) is 5.20. The maximum Gasteiger partial charge on any atom is 0.250 e. The van der Waals surface area contributed by atoms with Gasteiger partial charge in [0.2, 0.25) is 5.91 Å². The molecule has 128 valence electrons. The summed E-state index contributed by atoms with van der Waals surface area (Å²) in [7, 11) is 1.77. The summed E-state index contributed by atoms with van der Waals surface area (Å²) in [6.45, 7) is 0.674. The number of carbonyl (C=O) groups excluding carboxylic acids is 1. The molecule has 2 heterocycles. The zero-order valence-electron chi connectivity index (χ0n) is 13.9. The smallest absolute Gasteiger partial charge is 0.250 e. The summed E-state index contributed by atoms with van der Waals surface area (Å²) in [6.07, 6.45) is 1.83. The van der Waals surface area contributed by atoms with Crippen LogP contribution in [0.3, 0.4) is 0 Å². The molecule has 0 bridgehead atoms. The van der Waals surface area contributed by atoms with Gasteiger partial charge in [0.05, 0.1) is 0 Å². The molecule has 2 aromatic rings. The van der Waals surface area contributed by atoms with E-state index in [4.69, 9.17) is 0 Å². The van der Waals surface area contributed by atoms with Crippen LogP contribution in [-0.4, -0.2) is 35.7 Å². The van der Waals surface area contributed by atoms with E-state index in [2.05, 4.69) is 4.99 Å². The van der Waals surface area contributed by atoms with Gasteiger partial charge < -0.3 is 4.90 Å². The van der Waals surface area contributed by atoms with Gasteiger partial charge in [-0.05, 0) is 25.3 Å². The van der Waals surface area contributed by atoms with Gasteiger partial charge in [-0.15, -0.1) is 0 Å². The Labute approximate surface area is 145 Å². The Balaban J connectivity index is 1.77. The fraction of sp³-hybridized carbons (Fsp3) is 0.300. The normalized spacial score (nSPS) is 22.8. The minimum absolute atomic E-state index is 0.00756. The second kappa shape index (κ2) is 5.76. The third-order valence-electron chi connectivity index (χ3n) is 5.20. The quantitative estimate of drug-likeness (QED) is 0.818. The molecule has 2 aliphatic rings. The van der Waals surface area contributed by atoms with Crippen LogP contribution in [0, 0.1) is 11.6 Å². The first kappa shape index (κ1) is 15.9. The van der Waals surface area contributed by atoms with Crippen LogP contribution in [0.2, 0.25) is 0 Å². The van der Waals surface area contributed by atoms with Crippen LogP contribution in [0.1, 0.15) is 24.8 Å². The Morgan fingerprint density at radius 1 is 1.00 bits per heavy atom. The standard InChI is InChI=1S/C20H18F2N2O/c1-24-12-11-20(19(24)25)10-9-17(23-20)15-7-4-6-14(18(15)22)13-5-2-3-8-16(13)21/h2-8H,9-12H2,1H3/t20-/m0/s1. The minimum Gasteiger partial charge on any atom is -0.344 e. The van der Waals surface area contributed by atoms with Gasteiger partial charge in [-0.3, -0.25) is 9.79 Å². The fourth-order valence-corrected chi connectivity index (χ4v) is 3.78. The first-order chi connectivity index (χ1) is 12.0. The lowest BCUT2D eigenvalue weighted by molar-refractivity contribution is -0.130. The number of carbonyl (C=O) groups is 1. The molecule has 0 saturated carbocycles. The van der Waals surface area contributed by atoms with E-state index in [-0.39, 0.29) is 17.0 Å². The van der Waals surface area contributed by atoms with Gasteiger partial charge in [-0.2, -0.15) is 0 Å². The highest BCUT2D eigenvalue weighted by Gasteiger charge is 2.48. The topological polar surface area (TPSA) is 32.7 Å². The summed E-state index contributed by atoms with van der Waals surface area (Å²) < 4.78 is 29.1. The molecular formula is C20H18F2N2O. The van der Waals surface area contributed by atoms with Gasteiger partial charge in [0.15, 0.2) is 0 Å². The molecule has 0 aromatic heterocycles. The van der Waals surface area contributed by atoms with Gasteiger partial charge in [0.1, 0.15) is 17.2 Å². The number of rotatable bonds is 2.